The van der Waals surface area contributed by atoms with Gasteiger partial charge < -0.3 is 10.1 Å². The molecule has 0 saturated heterocycles. The summed E-state index contributed by atoms with van der Waals surface area (Å²) in [6.07, 6.45) is 1.70. The SMILES string of the molecule is COc1ccc(Cl)cc1NC(=O)[C@@H](C)Sc1ccccn1. The summed E-state index contributed by atoms with van der Waals surface area (Å²) < 4.78 is 5.21. The number of anilines is 1. The number of methoxy groups -OCH3 is 1. The van der Waals surface area contributed by atoms with Crippen molar-refractivity contribution in [2.24, 2.45) is 0 Å². The second-order valence-electron chi connectivity index (χ2n) is 4.26. The van der Waals surface area contributed by atoms with Crippen molar-refractivity contribution in [3.63, 3.8) is 0 Å². The highest BCUT2D eigenvalue weighted by Gasteiger charge is 2.17. The largest absolute Gasteiger partial charge is 0.495 e. The second-order valence-corrected chi connectivity index (χ2v) is 6.06. The van der Waals surface area contributed by atoms with Crippen molar-refractivity contribution in [1.82, 2.24) is 4.98 Å². The van der Waals surface area contributed by atoms with Crippen LogP contribution in [0.3, 0.4) is 0 Å². The normalized spacial score (nSPS) is 11.8. The van der Waals surface area contributed by atoms with Crippen LogP contribution >= 0.6 is 23.4 Å². The number of hydrogen-bond acceptors (Lipinski definition) is 4. The van der Waals surface area contributed by atoms with Gasteiger partial charge in [0.15, 0.2) is 0 Å². The van der Waals surface area contributed by atoms with E-state index in [4.69, 9.17) is 16.3 Å². The van der Waals surface area contributed by atoms with Gasteiger partial charge >= 0.3 is 0 Å². The third kappa shape index (κ3) is 4.37. The van der Waals surface area contributed by atoms with Gasteiger partial charge in [0.1, 0.15) is 5.75 Å². The summed E-state index contributed by atoms with van der Waals surface area (Å²) in [5, 5.41) is 3.88. The van der Waals surface area contributed by atoms with E-state index in [2.05, 4.69) is 10.3 Å². The molecule has 0 spiro atoms. The number of thioether (sulfide) groups is 1. The van der Waals surface area contributed by atoms with Crippen LogP contribution in [0.5, 0.6) is 5.75 Å². The van der Waals surface area contributed by atoms with Crippen molar-refractivity contribution in [3.05, 3.63) is 47.6 Å². The van der Waals surface area contributed by atoms with Crippen molar-refractivity contribution in [2.45, 2.75) is 17.2 Å². The number of amides is 1. The van der Waals surface area contributed by atoms with Crippen molar-refractivity contribution in [1.29, 1.82) is 0 Å². The fourth-order valence-electron chi connectivity index (χ4n) is 1.66. The maximum absolute atomic E-state index is 12.2. The first kappa shape index (κ1) is 15.7. The minimum absolute atomic E-state index is 0.133. The minimum atomic E-state index is -0.288. The number of carbonyl (C=O) groups is 1. The van der Waals surface area contributed by atoms with Crippen LogP contribution in [-0.2, 0) is 4.79 Å². The fourth-order valence-corrected chi connectivity index (χ4v) is 2.64. The number of pyridine rings is 1. The highest BCUT2D eigenvalue weighted by Crippen LogP contribution is 2.29. The van der Waals surface area contributed by atoms with E-state index in [9.17, 15) is 4.79 Å². The number of aromatic nitrogens is 1. The van der Waals surface area contributed by atoms with E-state index in [1.54, 1.807) is 31.5 Å². The number of rotatable bonds is 5. The molecule has 1 amide bonds. The van der Waals surface area contributed by atoms with Crippen molar-refractivity contribution in [3.8, 4) is 5.75 Å². The van der Waals surface area contributed by atoms with Gasteiger partial charge in [0.25, 0.3) is 0 Å². The Balaban J connectivity index is 2.05. The Morgan fingerprint density at radius 2 is 2.19 bits per heavy atom. The van der Waals surface area contributed by atoms with Gasteiger partial charge in [-0.15, -0.1) is 0 Å². The zero-order chi connectivity index (χ0) is 15.2. The number of nitrogens with zero attached hydrogens (tertiary/aromatic N) is 1. The Kier molecular flexibility index (Phi) is 5.47. The molecule has 0 unspecified atom stereocenters. The highest BCUT2D eigenvalue weighted by molar-refractivity contribution is 8.00. The van der Waals surface area contributed by atoms with E-state index in [1.165, 1.54) is 11.8 Å². The van der Waals surface area contributed by atoms with Gasteiger partial charge in [0.2, 0.25) is 5.91 Å². The van der Waals surface area contributed by atoms with Crippen LogP contribution < -0.4 is 10.1 Å². The zero-order valence-electron chi connectivity index (χ0n) is 11.7. The average Bonchev–Trinajstić information content (AvgIpc) is 2.48. The van der Waals surface area contributed by atoms with E-state index in [-0.39, 0.29) is 11.2 Å². The van der Waals surface area contributed by atoms with E-state index in [0.29, 0.717) is 16.5 Å². The predicted octanol–water partition coefficient (Wildman–Crippen LogP) is 3.86. The topological polar surface area (TPSA) is 51.2 Å². The third-order valence-electron chi connectivity index (χ3n) is 2.72. The lowest BCUT2D eigenvalue weighted by molar-refractivity contribution is -0.115. The van der Waals surface area contributed by atoms with Crippen LogP contribution in [0.1, 0.15) is 6.92 Å². The summed E-state index contributed by atoms with van der Waals surface area (Å²) in [5.41, 5.74) is 0.559. The number of carbonyl (C=O) groups excluding carboxylic acids is 1. The Labute approximate surface area is 132 Å². The molecular weight excluding hydrogens is 308 g/mol. The van der Waals surface area contributed by atoms with Crippen molar-refractivity contribution in [2.75, 3.05) is 12.4 Å². The average molecular weight is 323 g/mol. The molecule has 0 fully saturated rings. The Morgan fingerprint density at radius 3 is 2.86 bits per heavy atom. The summed E-state index contributed by atoms with van der Waals surface area (Å²) in [6, 6.07) is 10.7. The van der Waals surface area contributed by atoms with E-state index < -0.39 is 0 Å². The minimum Gasteiger partial charge on any atom is -0.495 e. The summed E-state index contributed by atoms with van der Waals surface area (Å²) >= 11 is 7.34. The van der Waals surface area contributed by atoms with Gasteiger partial charge in [-0.3, -0.25) is 4.79 Å². The van der Waals surface area contributed by atoms with Crippen LogP contribution in [0.15, 0.2) is 47.6 Å². The molecule has 0 aliphatic rings. The van der Waals surface area contributed by atoms with Gasteiger partial charge in [-0.05, 0) is 37.3 Å². The molecule has 4 nitrogen and oxygen atoms in total. The first-order valence-corrected chi connectivity index (χ1v) is 7.58. The van der Waals surface area contributed by atoms with E-state index in [0.717, 1.165) is 5.03 Å². The molecule has 1 aromatic heterocycles. The number of benzene rings is 1. The Bertz CT molecular complexity index is 622. The lowest BCUT2D eigenvalue weighted by Gasteiger charge is -2.14. The maximum atomic E-state index is 12.2. The molecule has 2 rings (SSSR count). The number of ether oxygens (including phenoxy) is 1. The van der Waals surface area contributed by atoms with Crippen LogP contribution in [0.2, 0.25) is 5.02 Å². The molecule has 1 heterocycles. The van der Waals surface area contributed by atoms with Gasteiger partial charge in [-0.2, -0.15) is 0 Å². The number of halogens is 1. The van der Waals surface area contributed by atoms with Crippen LogP contribution in [0.25, 0.3) is 0 Å². The van der Waals surface area contributed by atoms with Crippen LogP contribution in [-0.4, -0.2) is 23.3 Å². The smallest absolute Gasteiger partial charge is 0.237 e. The molecule has 0 radical (unpaired) electrons. The van der Waals surface area contributed by atoms with Gasteiger partial charge in [0.05, 0.1) is 23.1 Å². The molecule has 2 aromatic rings. The summed E-state index contributed by atoms with van der Waals surface area (Å²) in [4.78, 5) is 16.4. The maximum Gasteiger partial charge on any atom is 0.237 e. The van der Waals surface area contributed by atoms with Gasteiger partial charge in [-0.25, -0.2) is 4.98 Å². The highest BCUT2D eigenvalue weighted by atomic mass is 35.5. The van der Waals surface area contributed by atoms with Crippen molar-refractivity contribution < 1.29 is 9.53 Å². The molecule has 110 valence electrons. The van der Waals surface area contributed by atoms with Gasteiger partial charge in [0, 0.05) is 11.2 Å². The van der Waals surface area contributed by atoms with Crippen molar-refractivity contribution >= 4 is 35.0 Å². The lowest BCUT2D eigenvalue weighted by atomic mass is 10.3. The summed E-state index contributed by atoms with van der Waals surface area (Å²) in [7, 11) is 1.55. The fraction of sp³-hybridized carbons (Fsp3) is 0.200. The zero-order valence-corrected chi connectivity index (χ0v) is 13.2. The second kappa shape index (κ2) is 7.33. The molecular formula is C15H15ClN2O2S. The molecule has 1 N–H and O–H groups in total. The molecule has 1 atom stereocenters. The molecule has 0 aliphatic carbocycles. The lowest BCUT2D eigenvalue weighted by Crippen LogP contribution is -2.22. The molecule has 0 aliphatic heterocycles. The summed E-state index contributed by atoms with van der Waals surface area (Å²) in [6.45, 7) is 1.83. The van der Waals surface area contributed by atoms with E-state index in [1.807, 2.05) is 25.1 Å². The van der Waals surface area contributed by atoms with Crippen LogP contribution in [0, 0.1) is 0 Å². The predicted molar refractivity (Wildman–Crippen MR) is 86.2 cm³/mol. The molecule has 0 saturated carbocycles. The number of hydrogen-bond donors (Lipinski definition) is 1. The Hall–Kier alpha value is -1.72. The molecule has 6 heteroatoms. The molecule has 0 bridgehead atoms. The Morgan fingerprint density at radius 1 is 1.38 bits per heavy atom. The molecule has 21 heavy (non-hydrogen) atoms. The first-order valence-electron chi connectivity index (χ1n) is 6.32. The first-order chi connectivity index (χ1) is 10.1. The number of nitrogens with one attached hydrogen (secondary N) is 1. The summed E-state index contributed by atoms with van der Waals surface area (Å²) in [5.74, 6) is 0.439. The monoisotopic (exact) mass is 322 g/mol. The van der Waals surface area contributed by atoms with Gasteiger partial charge in [-0.1, -0.05) is 29.4 Å². The molecule has 1 aromatic carbocycles. The standard InChI is InChI=1S/C15H15ClN2O2S/c1-10(21-14-5-3-4-8-17-14)15(19)18-12-9-11(16)6-7-13(12)20-2/h3-10H,1-2H3,(H,18,19)/t10-/m1/s1. The van der Waals surface area contributed by atoms with E-state index >= 15 is 0 Å². The quantitative estimate of drug-likeness (QED) is 0.849. The van der Waals surface area contributed by atoms with Crippen LogP contribution in [0.4, 0.5) is 5.69 Å². The third-order valence-corrected chi connectivity index (χ3v) is 4.01.